The first kappa shape index (κ1) is 14.6. The molecule has 0 unspecified atom stereocenters. The Morgan fingerprint density at radius 3 is 2.28 bits per heavy atom. The summed E-state index contributed by atoms with van der Waals surface area (Å²) in [5, 5.41) is 28.2. The monoisotopic (exact) mass is 254 g/mol. The van der Waals surface area contributed by atoms with Gasteiger partial charge in [0.2, 0.25) is 0 Å². The quantitative estimate of drug-likeness (QED) is 0.528. The largest absolute Gasteiger partial charge is 0.396 e. The molecule has 1 aromatic rings. The summed E-state index contributed by atoms with van der Waals surface area (Å²) in [5.74, 6) is 0. The molecule has 0 saturated heterocycles. The average molecular weight is 254 g/mol. The number of nitro benzene ring substituents is 1. The van der Waals surface area contributed by atoms with Crippen LogP contribution < -0.4 is 0 Å². The molecule has 1 aromatic carbocycles. The Kier molecular flexibility index (Phi) is 6.27. The van der Waals surface area contributed by atoms with E-state index in [4.69, 9.17) is 10.2 Å². The number of hydrogen-bond acceptors (Lipinski definition) is 5. The molecule has 0 spiro atoms. The van der Waals surface area contributed by atoms with Crippen LogP contribution in [0.2, 0.25) is 0 Å². The van der Waals surface area contributed by atoms with Gasteiger partial charge in [-0.3, -0.25) is 15.0 Å². The first-order valence-corrected chi connectivity index (χ1v) is 5.84. The fraction of sp³-hybridized carbons (Fsp3) is 0.500. The van der Waals surface area contributed by atoms with Crippen LogP contribution in [0, 0.1) is 10.1 Å². The van der Waals surface area contributed by atoms with Crippen molar-refractivity contribution in [1.82, 2.24) is 4.90 Å². The van der Waals surface area contributed by atoms with Crippen LogP contribution >= 0.6 is 0 Å². The minimum atomic E-state index is -0.430. The van der Waals surface area contributed by atoms with Gasteiger partial charge in [-0.15, -0.1) is 0 Å². The van der Waals surface area contributed by atoms with E-state index >= 15 is 0 Å². The van der Waals surface area contributed by atoms with Gasteiger partial charge in [0.25, 0.3) is 5.69 Å². The van der Waals surface area contributed by atoms with Gasteiger partial charge in [0, 0.05) is 38.4 Å². The summed E-state index contributed by atoms with van der Waals surface area (Å²) in [7, 11) is 0. The summed E-state index contributed by atoms with van der Waals surface area (Å²) in [5.41, 5.74) is 1.02. The van der Waals surface area contributed by atoms with Crippen molar-refractivity contribution in [2.45, 2.75) is 13.0 Å². The number of aliphatic hydroxyl groups excluding tert-OH is 2. The standard InChI is InChI=1S/C12H18N2O4/c15-8-1-6-13(7-9-16)10-11-2-4-12(5-3-11)14(17)18/h2-5,15-16H,1,6-10H2. The Morgan fingerprint density at radius 1 is 1.11 bits per heavy atom. The van der Waals surface area contributed by atoms with Gasteiger partial charge in [-0.25, -0.2) is 0 Å². The van der Waals surface area contributed by atoms with Crippen molar-refractivity contribution in [3.63, 3.8) is 0 Å². The highest BCUT2D eigenvalue weighted by Gasteiger charge is 2.07. The van der Waals surface area contributed by atoms with Crippen LogP contribution in [0.4, 0.5) is 5.69 Å². The number of nitrogens with zero attached hydrogens (tertiary/aromatic N) is 2. The third-order valence-electron chi connectivity index (χ3n) is 2.60. The van der Waals surface area contributed by atoms with E-state index in [1.165, 1.54) is 12.1 Å². The summed E-state index contributed by atoms with van der Waals surface area (Å²) >= 11 is 0. The highest BCUT2D eigenvalue weighted by molar-refractivity contribution is 5.32. The van der Waals surface area contributed by atoms with Crippen molar-refractivity contribution in [2.75, 3.05) is 26.3 Å². The van der Waals surface area contributed by atoms with Gasteiger partial charge < -0.3 is 10.2 Å². The van der Waals surface area contributed by atoms with Gasteiger partial charge in [0.05, 0.1) is 11.5 Å². The molecule has 0 fully saturated rings. The second-order valence-corrected chi connectivity index (χ2v) is 4.00. The SMILES string of the molecule is O=[N+]([O-])c1ccc(CN(CCO)CCCO)cc1. The molecule has 100 valence electrons. The Morgan fingerprint density at radius 2 is 1.78 bits per heavy atom. The van der Waals surface area contributed by atoms with Crippen molar-refractivity contribution in [1.29, 1.82) is 0 Å². The molecule has 0 radical (unpaired) electrons. The van der Waals surface area contributed by atoms with Gasteiger partial charge in [-0.1, -0.05) is 12.1 Å². The minimum Gasteiger partial charge on any atom is -0.396 e. The molecule has 6 nitrogen and oxygen atoms in total. The summed E-state index contributed by atoms with van der Waals surface area (Å²) in [4.78, 5) is 12.1. The average Bonchev–Trinajstić information content (AvgIpc) is 2.37. The lowest BCUT2D eigenvalue weighted by Gasteiger charge is -2.20. The third-order valence-corrected chi connectivity index (χ3v) is 2.60. The lowest BCUT2D eigenvalue weighted by molar-refractivity contribution is -0.384. The Balaban J connectivity index is 2.59. The highest BCUT2D eigenvalue weighted by atomic mass is 16.6. The molecule has 6 heteroatoms. The predicted octanol–water partition coefficient (Wildman–Crippen LogP) is 0.772. The van der Waals surface area contributed by atoms with Crippen LogP contribution in [0.15, 0.2) is 24.3 Å². The Bertz CT molecular complexity index is 367. The molecule has 0 saturated carbocycles. The van der Waals surface area contributed by atoms with Crippen LogP contribution in [0.1, 0.15) is 12.0 Å². The predicted molar refractivity (Wildman–Crippen MR) is 67.2 cm³/mol. The number of aliphatic hydroxyl groups is 2. The number of hydrogen-bond donors (Lipinski definition) is 2. The van der Waals surface area contributed by atoms with Gasteiger partial charge in [0.15, 0.2) is 0 Å². The maximum atomic E-state index is 10.5. The number of non-ortho nitro benzene ring substituents is 1. The topological polar surface area (TPSA) is 86.8 Å². The number of rotatable bonds is 8. The van der Waals surface area contributed by atoms with Crippen LogP contribution in [-0.4, -0.2) is 46.3 Å². The molecule has 0 aliphatic carbocycles. The van der Waals surface area contributed by atoms with E-state index < -0.39 is 4.92 Å². The molecule has 0 aromatic heterocycles. The molecule has 18 heavy (non-hydrogen) atoms. The van der Waals surface area contributed by atoms with Crippen LogP contribution in [-0.2, 0) is 6.54 Å². The Labute approximate surface area is 106 Å². The van der Waals surface area contributed by atoms with Gasteiger partial charge >= 0.3 is 0 Å². The van der Waals surface area contributed by atoms with Crippen molar-refractivity contribution >= 4 is 5.69 Å². The maximum absolute atomic E-state index is 10.5. The summed E-state index contributed by atoms with van der Waals surface area (Å²) in [6.07, 6.45) is 0.646. The van der Waals surface area contributed by atoms with E-state index in [9.17, 15) is 10.1 Å². The second kappa shape index (κ2) is 7.75. The number of nitro groups is 1. The number of benzene rings is 1. The van der Waals surface area contributed by atoms with Crippen LogP contribution in [0.3, 0.4) is 0 Å². The van der Waals surface area contributed by atoms with E-state index in [1.54, 1.807) is 12.1 Å². The first-order chi connectivity index (χ1) is 8.67. The van der Waals surface area contributed by atoms with Crippen molar-refractivity contribution < 1.29 is 15.1 Å². The van der Waals surface area contributed by atoms with Crippen molar-refractivity contribution in [2.24, 2.45) is 0 Å². The zero-order valence-electron chi connectivity index (χ0n) is 10.2. The molecule has 1 rings (SSSR count). The fourth-order valence-electron chi connectivity index (χ4n) is 1.69. The smallest absolute Gasteiger partial charge is 0.269 e. The van der Waals surface area contributed by atoms with Crippen molar-refractivity contribution in [3.8, 4) is 0 Å². The zero-order valence-corrected chi connectivity index (χ0v) is 10.2. The normalized spacial score (nSPS) is 10.8. The lowest BCUT2D eigenvalue weighted by Crippen LogP contribution is -2.28. The third kappa shape index (κ3) is 4.79. The van der Waals surface area contributed by atoms with E-state index in [0.717, 1.165) is 5.56 Å². The minimum absolute atomic E-state index is 0.0540. The molecule has 0 bridgehead atoms. The highest BCUT2D eigenvalue weighted by Crippen LogP contribution is 2.13. The summed E-state index contributed by atoms with van der Waals surface area (Å²) < 4.78 is 0. The molecule has 0 atom stereocenters. The maximum Gasteiger partial charge on any atom is 0.269 e. The fourth-order valence-corrected chi connectivity index (χ4v) is 1.69. The molecule has 2 N–H and O–H groups in total. The second-order valence-electron chi connectivity index (χ2n) is 4.00. The van der Waals surface area contributed by atoms with Gasteiger partial charge in [-0.05, 0) is 12.0 Å². The zero-order chi connectivity index (χ0) is 13.4. The van der Waals surface area contributed by atoms with E-state index in [1.807, 2.05) is 4.90 Å². The summed E-state index contributed by atoms with van der Waals surface area (Å²) in [6.45, 7) is 1.99. The van der Waals surface area contributed by atoms with Crippen molar-refractivity contribution in [3.05, 3.63) is 39.9 Å². The van der Waals surface area contributed by atoms with Gasteiger partial charge in [-0.2, -0.15) is 0 Å². The molecule has 0 heterocycles. The Hall–Kier alpha value is -1.50. The molecule has 0 amide bonds. The van der Waals surface area contributed by atoms with Crippen LogP contribution in [0.5, 0.6) is 0 Å². The van der Waals surface area contributed by atoms with Crippen LogP contribution in [0.25, 0.3) is 0 Å². The summed E-state index contributed by atoms with van der Waals surface area (Å²) in [6, 6.07) is 6.36. The molecule has 0 aliphatic rings. The van der Waals surface area contributed by atoms with E-state index in [2.05, 4.69) is 0 Å². The first-order valence-electron chi connectivity index (χ1n) is 5.84. The van der Waals surface area contributed by atoms with E-state index in [0.29, 0.717) is 26.1 Å². The molecular weight excluding hydrogens is 236 g/mol. The molecular formula is C12H18N2O4. The molecule has 0 aliphatic heterocycles. The van der Waals surface area contributed by atoms with Gasteiger partial charge in [0.1, 0.15) is 0 Å². The lowest BCUT2D eigenvalue weighted by atomic mass is 10.2. The van der Waals surface area contributed by atoms with E-state index in [-0.39, 0.29) is 18.9 Å².